The topological polar surface area (TPSA) is 52.0 Å². The molecule has 68 valence electrons. The summed E-state index contributed by atoms with van der Waals surface area (Å²) in [5, 5.41) is 0.511. The predicted molar refractivity (Wildman–Crippen MR) is 55.9 cm³/mol. The minimum Gasteiger partial charge on any atom is -0.422 e. The number of halogens is 2. The first-order chi connectivity index (χ1) is 6.09. The van der Waals surface area contributed by atoms with E-state index in [1.807, 2.05) is 6.92 Å². The Bertz CT molecular complexity index is 480. The van der Waals surface area contributed by atoms with Gasteiger partial charge in [-0.3, -0.25) is 0 Å². The average molecular weight is 262 g/mol. The van der Waals surface area contributed by atoms with Crippen LogP contribution in [0, 0.1) is 6.92 Å². The molecule has 1 aromatic heterocycles. The summed E-state index contributed by atoms with van der Waals surface area (Å²) < 4.78 is 6.05. The minimum absolute atomic E-state index is 0.137. The number of hydrogen-bond acceptors (Lipinski definition) is 3. The average Bonchev–Trinajstić information content (AvgIpc) is 2.44. The van der Waals surface area contributed by atoms with Crippen molar-refractivity contribution in [1.82, 2.24) is 4.98 Å². The fourth-order valence-corrected chi connectivity index (χ4v) is 1.94. The van der Waals surface area contributed by atoms with Crippen LogP contribution in [-0.2, 0) is 0 Å². The summed E-state index contributed by atoms with van der Waals surface area (Å²) in [5.41, 5.74) is 7.65. The van der Waals surface area contributed by atoms with E-state index in [0.717, 1.165) is 10.0 Å². The molecule has 5 heteroatoms. The summed E-state index contributed by atoms with van der Waals surface area (Å²) in [6, 6.07) is 1.90. The third-order valence-corrected chi connectivity index (χ3v) is 2.93. The highest BCUT2D eigenvalue weighted by Gasteiger charge is 2.12. The zero-order valence-electron chi connectivity index (χ0n) is 6.77. The molecule has 0 aliphatic carbocycles. The van der Waals surface area contributed by atoms with E-state index in [9.17, 15) is 0 Å². The smallest absolute Gasteiger partial charge is 0.293 e. The molecular formula is C8H6BrClN2O. The Hall–Kier alpha value is -0.740. The van der Waals surface area contributed by atoms with Gasteiger partial charge in [0.25, 0.3) is 6.01 Å². The largest absolute Gasteiger partial charge is 0.422 e. The van der Waals surface area contributed by atoms with Crippen molar-refractivity contribution in [3.8, 4) is 0 Å². The zero-order valence-corrected chi connectivity index (χ0v) is 9.11. The second kappa shape index (κ2) is 2.89. The number of nitrogens with zero attached hydrogens (tertiary/aromatic N) is 1. The van der Waals surface area contributed by atoms with E-state index in [2.05, 4.69) is 20.9 Å². The first-order valence-corrected chi connectivity index (χ1v) is 4.77. The van der Waals surface area contributed by atoms with Gasteiger partial charge in [-0.1, -0.05) is 27.5 Å². The predicted octanol–water partition coefficient (Wildman–Crippen LogP) is 3.13. The van der Waals surface area contributed by atoms with E-state index in [0.29, 0.717) is 16.1 Å². The molecule has 2 rings (SSSR count). The number of hydrogen-bond donors (Lipinski definition) is 1. The van der Waals surface area contributed by atoms with Crippen molar-refractivity contribution in [2.75, 3.05) is 5.73 Å². The van der Waals surface area contributed by atoms with Crippen LogP contribution in [-0.4, -0.2) is 4.98 Å². The Morgan fingerprint density at radius 3 is 3.00 bits per heavy atom. The van der Waals surface area contributed by atoms with E-state index in [4.69, 9.17) is 21.8 Å². The lowest BCUT2D eigenvalue weighted by atomic mass is 10.2. The molecule has 0 spiro atoms. The van der Waals surface area contributed by atoms with Crippen molar-refractivity contribution >= 4 is 44.6 Å². The van der Waals surface area contributed by atoms with Gasteiger partial charge in [0.15, 0.2) is 5.58 Å². The molecule has 0 fully saturated rings. The number of benzene rings is 1. The van der Waals surface area contributed by atoms with Crippen LogP contribution in [0.25, 0.3) is 11.1 Å². The van der Waals surface area contributed by atoms with Gasteiger partial charge in [-0.2, -0.15) is 4.98 Å². The Morgan fingerprint density at radius 1 is 1.62 bits per heavy atom. The van der Waals surface area contributed by atoms with Crippen LogP contribution in [0.1, 0.15) is 5.56 Å². The second-order valence-electron chi connectivity index (χ2n) is 2.70. The summed E-state index contributed by atoms with van der Waals surface area (Å²) in [4.78, 5) is 4.03. The fraction of sp³-hybridized carbons (Fsp3) is 0.125. The van der Waals surface area contributed by atoms with Crippen LogP contribution in [0.5, 0.6) is 0 Å². The number of nitrogen functional groups attached to an aromatic ring is 1. The highest BCUT2D eigenvalue weighted by Crippen LogP contribution is 2.32. The number of anilines is 1. The maximum Gasteiger partial charge on any atom is 0.293 e. The van der Waals surface area contributed by atoms with Gasteiger partial charge in [-0.25, -0.2) is 0 Å². The normalized spacial score (nSPS) is 11.0. The van der Waals surface area contributed by atoms with E-state index < -0.39 is 0 Å². The third-order valence-electron chi connectivity index (χ3n) is 1.83. The molecule has 0 saturated carbocycles. The van der Waals surface area contributed by atoms with Gasteiger partial charge in [-0.15, -0.1) is 0 Å². The Balaban J connectivity index is 2.95. The Kier molecular flexibility index (Phi) is 1.96. The van der Waals surface area contributed by atoms with Crippen LogP contribution in [0.15, 0.2) is 15.0 Å². The fourth-order valence-electron chi connectivity index (χ4n) is 1.15. The summed E-state index contributed by atoms with van der Waals surface area (Å²) in [5.74, 6) is 0. The van der Waals surface area contributed by atoms with Crippen molar-refractivity contribution in [1.29, 1.82) is 0 Å². The molecule has 2 aromatic rings. The molecule has 2 N–H and O–H groups in total. The molecule has 13 heavy (non-hydrogen) atoms. The maximum absolute atomic E-state index is 5.93. The standard InChI is InChI=1S/C8H6BrClN2O/c1-3-4(9)2-5(10)7-6(3)12-8(11)13-7/h2H,1H3,(H2,11,12). The monoisotopic (exact) mass is 260 g/mol. The number of nitrogens with two attached hydrogens (primary N) is 1. The maximum atomic E-state index is 5.93. The summed E-state index contributed by atoms with van der Waals surface area (Å²) in [7, 11) is 0. The number of rotatable bonds is 0. The number of oxazole rings is 1. The molecule has 0 amide bonds. The van der Waals surface area contributed by atoms with Crippen LogP contribution in [0.4, 0.5) is 6.01 Å². The molecule has 0 atom stereocenters. The lowest BCUT2D eigenvalue weighted by Gasteiger charge is -1.98. The first-order valence-electron chi connectivity index (χ1n) is 3.60. The molecule has 0 radical (unpaired) electrons. The Labute approximate surface area is 88.0 Å². The van der Waals surface area contributed by atoms with Gasteiger partial charge in [0.05, 0.1) is 5.02 Å². The summed E-state index contributed by atoms with van der Waals surface area (Å²) in [6.45, 7) is 1.92. The minimum atomic E-state index is 0.137. The molecule has 0 aliphatic heterocycles. The van der Waals surface area contributed by atoms with E-state index in [1.165, 1.54) is 0 Å². The summed E-state index contributed by atoms with van der Waals surface area (Å²) in [6.07, 6.45) is 0. The van der Waals surface area contributed by atoms with Crippen molar-refractivity contribution in [3.63, 3.8) is 0 Å². The van der Waals surface area contributed by atoms with Crippen LogP contribution in [0.3, 0.4) is 0 Å². The molecular weight excluding hydrogens is 255 g/mol. The van der Waals surface area contributed by atoms with Gasteiger partial charge >= 0.3 is 0 Å². The van der Waals surface area contributed by atoms with Crippen LogP contribution in [0.2, 0.25) is 5.02 Å². The summed E-state index contributed by atoms with van der Waals surface area (Å²) >= 11 is 9.30. The Morgan fingerprint density at radius 2 is 2.31 bits per heavy atom. The quantitative estimate of drug-likeness (QED) is 0.792. The number of aryl methyl sites for hydroxylation is 1. The van der Waals surface area contributed by atoms with Gasteiger partial charge in [0, 0.05) is 4.47 Å². The number of aromatic nitrogens is 1. The third kappa shape index (κ3) is 1.30. The molecule has 0 bridgehead atoms. The van der Waals surface area contributed by atoms with Crippen molar-refractivity contribution < 1.29 is 4.42 Å². The van der Waals surface area contributed by atoms with Crippen molar-refractivity contribution in [2.45, 2.75) is 6.92 Å². The van der Waals surface area contributed by atoms with Crippen molar-refractivity contribution in [2.24, 2.45) is 0 Å². The van der Waals surface area contributed by atoms with Crippen molar-refractivity contribution in [3.05, 3.63) is 21.1 Å². The highest BCUT2D eigenvalue weighted by molar-refractivity contribution is 9.10. The van der Waals surface area contributed by atoms with E-state index in [1.54, 1.807) is 6.07 Å². The number of fused-ring (bicyclic) bond motifs is 1. The zero-order chi connectivity index (χ0) is 9.59. The molecule has 0 aliphatic rings. The lowest BCUT2D eigenvalue weighted by molar-refractivity contribution is 0.626. The highest BCUT2D eigenvalue weighted by atomic mass is 79.9. The lowest BCUT2D eigenvalue weighted by Crippen LogP contribution is -1.82. The van der Waals surface area contributed by atoms with E-state index >= 15 is 0 Å². The van der Waals surface area contributed by atoms with Crippen LogP contribution >= 0.6 is 27.5 Å². The SMILES string of the molecule is Cc1c(Br)cc(Cl)c2oc(N)nc12. The van der Waals surface area contributed by atoms with Gasteiger partial charge in [0.1, 0.15) is 5.52 Å². The van der Waals surface area contributed by atoms with Gasteiger partial charge < -0.3 is 10.2 Å². The van der Waals surface area contributed by atoms with Crippen LogP contribution < -0.4 is 5.73 Å². The van der Waals surface area contributed by atoms with Gasteiger partial charge in [-0.05, 0) is 18.6 Å². The molecule has 3 nitrogen and oxygen atoms in total. The molecule has 0 unspecified atom stereocenters. The second-order valence-corrected chi connectivity index (χ2v) is 3.96. The first kappa shape index (κ1) is 8.84. The van der Waals surface area contributed by atoms with Gasteiger partial charge in [0.2, 0.25) is 0 Å². The molecule has 0 saturated heterocycles. The van der Waals surface area contributed by atoms with E-state index in [-0.39, 0.29) is 6.01 Å². The molecule has 1 aromatic carbocycles. The molecule has 1 heterocycles.